The lowest BCUT2D eigenvalue weighted by Gasteiger charge is -2.24. The molecule has 0 bridgehead atoms. The third-order valence-corrected chi connectivity index (χ3v) is 3.67. The maximum Gasteiger partial charge on any atom is 0.251 e. The van der Waals surface area contributed by atoms with Crippen molar-refractivity contribution in [1.82, 2.24) is 5.32 Å². The zero-order valence-corrected chi connectivity index (χ0v) is 12.9. The molecule has 0 aliphatic carbocycles. The van der Waals surface area contributed by atoms with E-state index < -0.39 is 5.60 Å². The molecule has 0 saturated heterocycles. The molecule has 0 heterocycles. The summed E-state index contributed by atoms with van der Waals surface area (Å²) in [4.78, 5) is 12.0. The number of aliphatic hydroxyl groups is 1. The lowest BCUT2D eigenvalue weighted by atomic mass is 9.96. The normalized spacial score (nSPS) is 13.5. The fourth-order valence-electron chi connectivity index (χ4n) is 1.87. The lowest BCUT2D eigenvalue weighted by Crippen LogP contribution is -2.38. The largest absolute Gasteiger partial charge is 0.384 e. The Labute approximate surface area is 133 Å². The SMILES string of the molecule is CC(O)(CNC(=O)c1ccc(Cl)cc1)c1ccc(Cl)cc1. The molecule has 1 amide bonds. The van der Waals surface area contributed by atoms with Gasteiger partial charge in [-0.05, 0) is 48.9 Å². The predicted molar refractivity (Wildman–Crippen MR) is 84.8 cm³/mol. The number of hydrogen-bond acceptors (Lipinski definition) is 2. The van der Waals surface area contributed by atoms with Gasteiger partial charge in [0, 0.05) is 15.6 Å². The van der Waals surface area contributed by atoms with E-state index >= 15 is 0 Å². The molecule has 21 heavy (non-hydrogen) atoms. The number of benzene rings is 2. The third kappa shape index (κ3) is 4.21. The molecule has 2 rings (SSSR count). The number of carbonyl (C=O) groups is 1. The topological polar surface area (TPSA) is 49.3 Å². The highest BCUT2D eigenvalue weighted by Gasteiger charge is 2.23. The van der Waals surface area contributed by atoms with E-state index in [0.29, 0.717) is 21.2 Å². The van der Waals surface area contributed by atoms with Gasteiger partial charge in [0.1, 0.15) is 5.60 Å². The minimum atomic E-state index is -1.17. The quantitative estimate of drug-likeness (QED) is 0.902. The van der Waals surface area contributed by atoms with Gasteiger partial charge < -0.3 is 10.4 Å². The van der Waals surface area contributed by atoms with Crippen LogP contribution in [0, 0.1) is 0 Å². The monoisotopic (exact) mass is 323 g/mol. The van der Waals surface area contributed by atoms with Gasteiger partial charge in [0.25, 0.3) is 5.91 Å². The lowest BCUT2D eigenvalue weighted by molar-refractivity contribution is 0.0526. The molecule has 0 aromatic heterocycles. The van der Waals surface area contributed by atoms with E-state index in [0.717, 1.165) is 0 Å². The standard InChI is InChI=1S/C16H15Cl2NO2/c1-16(21,12-4-8-14(18)9-5-12)10-19-15(20)11-2-6-13(17)7-3-11/h2-9,21H,10H2,1H3,(H,19,20). The van der Waals surface area contributed by atoms with Crippen LogP contribution in [0.25, 0.3) is 0 Å². The zero-order valence-electron chi connectivity index (χ0n) is 11.4. The van der Waals surface area contributed by atoms with Crippen LogP contribution in [-0.2, 0) is 5.60 Å². The molecule has 2 aromatic rings. The number of amides is 1. The van der Waals surface area contributed by atoms with Crippen LogP contribution in [0.3, 0.4) is 0 Å². The van der Waals surface area contributed by atoms with Crippen molar-refractivity contribution in [3.8, 4) is 0 Å². The molecular weight excluding hydrogens is 309 g/mol. The Morgan fingerprint density at radius 2 is 1.52 bits per heavy atom. The number of carbonyl (C=O) groups excluding carboxylic acids is 1. The molecule has 0 radical (unpaired) electrons. The number of halogens is 2. The maximum absolute atomic E-state index is 12.0. The van der Waals surface area contributed by atoms with Crippen molar-refractivity contribution >= 4 is 29.1 Å². The maximum atomic E-state index is 12.0. The van der Waals surface area contributed by atoms with Crippen LogP contribution in [0.1, 0.15) is 22.8 Å². The van der Waals surface area contributed by atoms with E-state index in [1.54, 1.807) is 55.5 Å². The Morgan fingerprint density at radius 1 is 1.05 bits per heavy atom. The minimum Gasteiger partial charge on any atom is -0.384 e. The molecule has 2 N–H and O–H groups in total. The van der Waals surface area contributed by atoms with Crippen LogP contribution >= 0.6 is 23.2 Å². The fourth-order valence-corrected chi connectivity index (χ4v) is 2.12. The van der Waals surface area contributed by atoms with E-state index in [9.17, 15) is 9.90 Å². The summed E-state index contributed by atoms with van der Waals surface area (Å²) < 4.78 is 0. The summed E-state index contributed by atoms with van der Waals surface area (Å²) in [6, 6.07) is 13.4. The van der Waals surface area contributed by atoms with Crippen LogP contribution in [-0.4, -0.2) is 17.6 Å². The molecule has 0 aliphatic rings. The second kappa shape index (κ2) is 6.48. The van der Waals surface area contributed by atoms with Gasteiger partial charge in [-0.15, -0.1) is 0 Å². The van der Waals surface area contributed by atoms with Gasteiger partial charge in [0.05, 0.1) is 6.54 Å². The number of nitrogens with one attached hydrogen (secondary N) is 1. The van der Waals surface area contributed by atoms with E-state index in [-0.39, 0.29) is 12.5 Å². The number of rotatable bonds is 4. The summed E-state index contributed by atoms with van der Waals surface area (Å²) in [6.45, 7) is 1.73. The molecule has 5 heteroatoms. The molecule has 3 nitrogen and oxygen atoms in total. The summed E-state index contributed by atoms with van der Waals surface area (Å²) in [7, 11) is 0. The van der Waals surface area contributed by atoms with Gasteiger partial charge in [-0.3, -0.25) is 4.79 Å². The first-order valence-corrected chi connectivity index (χ1v) is 7.16. The van der Waals surface area contributed by atoms with Crippen molar-refractivity contribution in [2.75, 3.05) is 6.54 Å². The molecule has 110 valence electrons. The van der Waals surface area contributed by atoms with Crippen molar-refractivity contribution < 1.29 is 9.90 Å². The van der Waals surface area contributed by atoms with Crippen molar-refractivity contribution in [3.05, 3.63) is 69.7 Å². The van der Waals surface area contributed by atoms with Gasteiger partial charge in [-0.25, -0.2) is 0 Å². The Morgan fingerprint density at radius 3 is 2.05 bits per heavy atom. The third-order valence-electron chi connectivity index (χ3n) is 3.17. The molecule has 0 aliphatic heterocycles. The Balaban J connectivity index is 2.02. The van der Waals surface area contributed by atoms with Crippen LogP contribution < -0.4 is 5.32 Å². The highest BCUT2D eigenvalue weighted by molar-refractivity contribution is 6.30. The average Bonchev–Trinajstić information content (AvgIpc) is 2.46. The zero-order chi connectivity index (χ0) is 15.5. The van der Waals surface area contributed by atoms with Crippen LogP contribution in [0.4, 0.5) is 0 Å². The Kier molecular flexibility index (Phi) is 4.88. The van der Waals surface area contributed by atoms with E-state index in [4.69, 9.17) is 23.2 Å². The van der Waals surface area contributed by atoms with E-state index in [1.807, 2.05) is 0 Å². The molecule has 1 atom stereocenters. The van der Waals surface area contributed by atoms with Gasteiger partial charge in [-0.1, -0.05) is 35.3 Å². The summed E-state index contributed by atoms with van der Waals surface area (Å²) in [6.07, 6.45) is 0. The summed E-state index contributed by atoms with van der Waals surface area (Å²) in [5, 5.41) is 14.3. The Bertz CT molecular complexity index is 622. The summed E-state index contributed by atoms with van der Waals surface area (Å²) in [5.41, 5.74) is 0.00163. The van der Waals surface area contributed by atoms with Gasteiger partial charge in [-0.2, -0.15) is 0 Å². The van der Waals surface area contributed by atoms with Crippen molar-refractivity contribution in [3.63, 3.8) is 0 Å². The minimum absolute atomic E-state index is 0.0933. The van der Waals surface area contributed by atoms with E-state index in [2.05, 4.69) is 5.32 Å². The van der Waals surface area contributed by atoms with Gasteiger partial charge in [0.15, 0.2) is 0 Å². The van der Waals surface area contributed by atoms with Gasteiger partial charge in [0.2, 0.25) is 0 Å². The Hall–Kier alpha value is -1.55. The first kappa shape index (κ1) is 15.8. The van der Waals surface area contributed by atoms with E-state index in [1.165, 1.54) is 0 Å². The average molecular weight is 324 g/mol. The highest BCUT2D eigenvalue weighted by atomic mass is 35.5. The molecule has 2 aromatic carbocycles. The van der Waals surface area contributed by atoms with Gasteiger partial charge >= 0.3 is 0 Å². The molecular formula is C16H15Cl2NO2. The highest BCUT2D eigenvalue weighted by Crippen LogP contribution is 2.21. The van der Waals surface area contributed by atoms with Crippen LogP contribution in [0.5, 0.6) is 0 Å². The summed E-state index contributed by atoms with van der Waals surface area (Å²) in [5.74, 6) is -0.263. The summed E-state index contributed by atoms with van der Waals surface area (Å²) >= 11 is 11.6. The van der Waals surface area contributed by atoms with Crippen molar-refractivity contribution in [1.29, 1.82) is 0 Å². The second-order valence-corrected chi connectivity index (χ2v) is 5.84. The molecule has 0 saturated carbocycles. The van der Waals surface area contributed by atoms with Crippen LogP contribution in [0.15, 0.2) is 48.5 Å². The number of hydrogen-bond donors (Lipinski definition) is 2. The van der Waals surface area contributed by atoms with Crippen molar-refractivity contribution in [2.45, 2.75) is 12.5 Å². The van der Waals surface area contributed by atoms with Crippen LogP contribution in [0.2, 0.25) is 10.0 Å². The van der Waals surface area contributed by atoms with Crippen molar-refractivity contribution in [2.24, 2.45) is 0 Å². The first-order chi connectivity index (χ1) is 9.88. The molecule has 1 unspecified atom stereocenters. The fraction of sp³-hybridized carbons (Fsp3) is 0.188. The predicted octanol–water partition coefficient (Wildman–Crippen LogP) is 3.63. The first-order valence-electron chi connectivity index (χ1n) is 6.41. The molecule has 0 fully saturated rings. The molecule has 0 spiro atoms. The smallest absolute Gasteiger partial charge is 0.251 e. The second-order valence-electron chi connectivity index (χ2n) is 4.97.